The highest BCUT2D eigenvalue weighted by Gasteiger charge is 2.15. The number of nitrogens with one attached hydrogen (secondary N) is 3. The lowest BCUT2D eigenvalue weighted by atomic mass is 10.1. The monoisotopic (exact) mass is 530 g/mol. The SMILES string of the molecule is CCC(=O)NCCCOCCOCCOCCCNC(=O)CCCC(=O)NCCCCN(C)C(C)(C)C. The molecular formula is C27H54N4O6. The van der Waals surface area contributed by atoms with Crippen LogP contribution in [0, 0.1) is 0 Å². The third-order valence-corrected chi connectivity index (χ3v) is 5.84. The number of carbonyl (C=O) groups is 3. The Kier molecular flexibility index (Phi) is 22.3. The van der Waals surface area contributed by atoms with Gasteiger partial charge in [0.05, 0.1) is 26.4 Å². The van der Waals surface area contributed by atoms with Gasteiger partial charge in [0, 0.05) is 57.6 Å². The Hall–Kier alpha value is -1.75. The van der Waals surface area contributed by atoms with Crippen molar-refractivity contribution < 1.29 is 28.6 Å². The summed E-state index contributed by atoms with van der Waals surface area (Å²) in [4.78, 5) is 37.2. The van der Waals surface area contributed by atoms with E-state index in [4.69, 9.17) is 14.2 Å². The van der Waals surface area contributed by atoms with Crippen LogP contribution in [0.15, 0.2) is 0 Å². The van der Waals surface area contributed by atoms with Gasteiger partial charge in [-0.2, -0.15) is 0 Å². The van der Waals surface area contributed by atoms with E-state index in [0.29, 0.717) is 85.0 Å². The summed E-state index contributed by atoms with van der Waals surface area (Å²) < 4.78 is 16.4. The lowest BCUT2D eigenvalue weighted by Crippen LogP contribution is -2.38. The van der Waals surface area contributed by atoms with E-state index in [1.165, 1.54) is 0 Å². The van der Waals surface area contributed by atoms with Crippen LogP contribution in [0.2, 0.25) is 0 Å². The molecule has 218 valence electrons. The average Bonchev–Trinajstić information content (AvgIpc) is 2.85. The number of ether oxygens (including phenoxy) is 3. The molecule has 10 nitrogen and oxygen atoms in total. The Labute approximate surface area is 224 Å². The van der Waals surface area contributed by atoms with Crippen molar-refractivity contribution in [3.8, 4) is 0 Å². The lowest BCUT2D eigenvalue weighted by molar-refractivity contribution is -0.123. The first-order valence-electron chi connectivity index (χ1n) is 13.9. The van der Waals surface area contributed by atoms with Crippen molar-refractivity contribution in [1.29, 1.82) is 0 Å². The molecule has 37 heavy (non-hydrogen) atoms. The van der Waals surface area contributed by atoms with Crippen LogP contribution in [0.1, 0.15) is 79.1 Å². The van der Waals surface area contributed by atoms with Crippen molar-refractivity contribution >= 4 is 17.7 Å². The fourth-order valence-electron chi connectivity index (χ4n) is 3.09. The molecule has 0 saturated heterocycles. The molecule has 0 rings (SSSR count). The van der Waals surface area contributed by atoms with E-state index in [0.717, 1.165) is 32.2 Å². The second kappa shape index (κ2) is 23.4. The molecule has 0 aromatic heterocycles. The van der Waals surface area contributed by atoms with E-state index in [9.17, 15) is 14.4 Å². The molecule has 0 radical (unpaired) electrons. The van der Waals surface area contributed by atoms with Crippen molar-refractivity contribution in [2.24, 2.45) is 0 Å². The largest absolute Gasteiger partial charge is 0.379 e. The lowest BCUT2D eigenvalue weighted by Gasteiger charge is -2.31. The van der Waals surface area contributed by atoms with Gasteiger partial charge in [-0.25, -0.2) is 0 Å². The van der Waals surface area contributed by atoms with E-state index in [2.05, 4.69) is 48.7 Å². The third kappa shape index (κ3) is 24.3. The van der Waals surface area contributed by atoms with Gasteiger partial charge in [0.15, 0.2) is 0 Å². The van der Waals surface area contributed by atoms with E-state index in [-0.39, 0.29) is 23.3 Å². The van der Waals surface area contributed by atoms with Crippen LogP contribution in [0.4, 0.5) is 0 Å². The van der Waals surface area contributed by atoms with Crippen LogP contribution in [0.3, 0.4) is 0 Å². The fraction of sp³-hybridized carbons (Fsp3) is 0.889. The molecule has 10 heteroatoms. The number of hydrogen-bond acceptors (Lipinski definition) is 7. The van der Waals surface area contributed by atoms with Gasteiger partial charge in [-0.3, -0.25) is 14.4 Å². The van der Waals surface area contributed by atoms with Gasteiger partial charge in [0.1, 0.15) is 0 Å². The summed E-state index contributed by atoms with van der Waals surface area (Å²) in [6, 6.07) is 0. The van der Waals surface area contributed by atoms with Gasteiger partial charge in [-0.15, -0.1) is 0 Å². The van der Waals surface area contributed by atoms with Gasteiger partial charge in [0.2, 0.25) is 17.7 Å². The number of unbranched alkanes of at least 4 members (excludes halogenated alkanes) is 1. The zero-order valence-electron chi connectivity index (χ0n) is 24.1. The predicted molar refractivity (Wildman–Crippen MR) is 146 cm³/mol. The zero-order valence-corrected chi connectivity index (χ0v) is 24.1. The number of hydrogen-bond donors (Lipinski definition) is 3. The predicted octanol–water partition coefficient (Wildman–Crippen LogP) is 2.26. The first-order chi connectivity index (χ1) is 17.7. The first kappa shape index (κ1) is 35.2. The number of rotatable bonds is 24. The minimum absolute atomic E-state index is 0.0107. The highest BCUT2D eigenvalue weighted by molar-refractivity contribution is 5.78. The second-order valence-corrected chi connectivity index (χ2v) is 10.1. The summed E-state index contributed by atoms with van der Waals surface area (Å²) in [6.45, 7) is 14.5. The fourth-order valence-corrected chi connectivity index (χ4v) is 3.09. The Morgan fingerprint density at radius 3 is 1.51 bits per heavy atom. The molecule has 0 aromatic carbocycles. The van der Waals surface area contributed by atoms with Crippen LogP contribution in [-0.2, 0) is 28.6 Å². The Morgan fingerprint density at radius 2 is 1.05 bits per heavy atom. The number of carbonyl (C=O) groups excluding carboxylic acids is 3. The molecule has 3 N–H and O–H groups in total. The molecule has 0 bridgehead atoms. The molecule has 0 aliphatic rings. The first-order valence-corrected chi connectivity index (χ1v) is 13.9. The molecule has 0 atom stereocenters. The van der Waals surface area contributed by atoms with Crippen LogP contribution >= 0.6 is 0 Å². The van der Waals surface area contributed by atoms with E-state index >= 15 is 0 Å². The Morgan fingerprint density at radius 1 is 0.622 bits per heavy atom. The van der Waals surface area contributed by atoms with Crippen LogP contribution in [0.5, 0.6) is 0 Å². The second-order valence-electron chi connectivity index (χ2n) is 10.1. The van der Waals surface area contributed by atoms with Gasteiger partial charge < -0.3 is 35.1 Å². The normalized spacial score (nSPS) is 11.5. The van der Waals surface area contributed by atoms with E-state index in [1.807, 2.05) is 6.92 Å². The Balaban J connectivity index is 3.37. The molecule has 0 aromatic rings. The average molecular weight is 531 g/mol. The quantitative estimate of drug-likeness (QED) is 0.164. The van der Waals surface area contributed by atoms with Crippen molar-refractivity contribution in [2.75, 3.05) is 72.9 Å². The van der Waals surface area contributed by atoms with Crippen molar-refractivity contribution in [3.63, 3.8) is 0 Å². The van der Waals surface area contributed by atoms with Gasteiger partial charge >= 0.3 is 0 Å². The maximum absolute atomic E-state index is 11.9. The van der Waals surface area contributed by atoms with Crippen LogP contribution in [0.25, 0.3) is 0 Å². The zero-order chi connectivity index (χ0) is 27.8. The summed E-state index contributed by atoms with van der Waals surface area (Å²) in [5, 5.41) is 8.60. The summed E-state index contributed by atoms with van der Waals surface area (Å²) in [5.74, 6) is 0.0365. The van der Waals surface area contributed by atoms with Crippen molar-refractivity contribution in [3.05, 3.63) is 0 Å². The van der Waals surface area contributed by atoms with E-state index in [1.54, 1.807) is 0 Å². The molecule has 0 unspecified atom stereocenters. The molecule has 0 heterocycles. The minimum Gasteiger partial charge on any atom is -0.379 e. The maximum Gasteiger partial charge on any atom is 0.220 e. The molecule has 0 saturated carbocycles. The summed E-state index contributed by atoms with van der Waals surface area (Å²) in [7, 11) is 2.12. The smallest absolute Gasteiger partial charge is 0.220 e. The number of amides is 3. The van der Waals surface area contributed by atoms with Gasteiger partial charge in [0.25, 0.3) is 0 Å². The molecule has 0 aliphatic carbocycles. The maximum atomic E-state index is 11.9. The Bertz CT molecular complexity index is 598. The molecule has 0 aliphatic heterocycles. The standard InChI is InChI=1S/C27H54N4O6/c1-6-24(32)28-15-10-18-35-20-22-37-23-21-36-19-11-16-30-26(34)13-9-12-25(33)29-14-7-8-17-31(5)27(2,3)4/h6-23H2,1-5H3,(H,28,32)(H,29,33)(H,30,34). The molecular weight excluding hydrogens is 476 g/mol. The topological polar surface area (TPSA) is 118 Å². The van der Waals surface area contributed by atoms with Gasteiger partial charge in [-0.1, -0.05) is 6.92 Å². The molecule has 3 amide bonds. The molecule has 0 spiro atoms. The highest BCUT2D eigenvalue weighted by Crippen LogP contribution is 2.10. The summed E-state index contributed by atoms with van der Waals surface area (Å²) in [5.41, 5.74) is 0.166. The highest BCUT2D eigenvalue weighted by atomic mass is 16.5. The molecule has 0 fully saturated rings. The van der Waals surface area contributed by atoms with Gasteiger partial charge in [-0.05, 0) is 66.5 Å². The third-order valence-electron chi connectivity index (χ3n) is 5.84. The summed E-state index contributed by atoms with van der Waals surface area (Å²) in [6.07, 6.45) is 5.31. The van der Waals surface area contributed by atoms with Crippen LogP contribution in [-0.4, -0.2) is 101 Å². The number of nitrogens with zero attached hydrogens (tertiary/aromatic N) is 1. The van der Waals surface area contributed by atoms with Crippen molar-refractivity contribution in [1.82, 2.24) is 20.9 Å². The van der Waals surface area contributed by atoms with Crippen molar-refractivity contribution in [2.45, 2.75) is 84.6 Å². The minimum atomic E-state index is -0.0332. The van der Waals surface area contributed by atoms with E-state index < -0.39 is 0 Å². The summed E-state index contributed by atoms with van der Waals surface area (Å²) >= 11 is 0. The van der Waals surface area contributed by atoms with Crippen LogP contribution < -0.4 is 16.0 Å².